The Balaban J connectivity index is 1.56. The summed E-state index contributed by atoms with van der Waals surface area (Å²) in [6.45, 7) is 2.32. The lowest BCUT2D eigenvalue weighted by Gasteiger charge is -2.26. The van der Waals surface area contributed by atoms with E-state index in [-0.39, 0.29) is 16.9 Å². The number of anilines is 1. The van der Waals surface area contributed by atoms with Gasteiger partial charge >= 0.3 is 0 Å². The minimum absolute atomic E-state index is 0.0243. The number of carbonyl (C=O) groups excluding carboxylic acids is 2. The van der Waals surface area contributed by atoms with Crippen molar-refractivity contribution in [3.8, 4) is 5.75 Å². The number of hydrogen-bond acceptors (Lipinski definition) is 5. The normalized spacial score (nSPS) is 13.5. The molecule has 8 heteroatoms. The molecule has 0 radical (unpaired) electrons. The Morgan fingerprint density at radius 3 is 2.46 bits per heavy atom. The maximum atomic E-state index is 12.4. The number of methoxy groups -OCH3 is 1. The van der Waals surface area contributed by atoms with Crippen molar-refractivity contribution in [2.45, 2.75) is 0 Å². The van der Waals surface area contributed by atoms with E-state index in [1.54, 1.807) is 53.4 Å². The lowest BCUT2D eigenvalue weighted by molar-refractivity contribution is 0.0303. The van der Waals surface area contributed by atoms with Crippen LogP contribution in [0, 0.1) is 0 Å². The molecule has 2 aromatic rings. The van der Waals surface area contributed by atoms with Crippen molar-refractivity contribution in [2.24, 2.45) is 0 Å². The SMILES string of the molecule is COc1cccc(C(=O)NC(=S)Nc2ccc(C(=O)N3CCOCC3)cc2)c1. The van der Waals surface area contributed by atoms with Crippen molar-refractivity contribution in [3.05, 3.63) is 59.7 Å². The van der Waals surface area contributed by atoms with Gasteiger partial charge in [0.15, 0.2) is 5.11 Å². The van der Waals surface area contributed by atoms with Crippen molar-refractivity contribution in [3.63, 3.8) is 0 Å². The van der Waals surface area contributed by atoms with Gasteiger partial charge in [-0.1, -0.05) is 6.07 Å². The van der Waals surface area contributed by atoms with E-state index in [1.165, 1.54) is 7.11 Å². The van der Waals surface area contributed by atoms with Gasteiger partial charge in [0.05, 0.1) is 20.3 Å². The molecule has 0 aliphatic carbocycles. The molecule has 1 aliphatic heterocycles. The van der Waals surface area contributed by atoms with Crippen LogP contribution in [0.4, 0.5) is 5.69 Å². The third-order valence-corrected chi connectivity index (χ3v) is 4.45. The van der Waals surface area contributed by atoms with E-state index in [0.717, 1.165) is 0 Å². The summed E-state index contributed by atoms with van der Waals surface area (Å²) in [6, 6.07) is 13.7. The van der Waals surface area contributed by atoms with Gasteiger partial charge in [-0.05, 0) is 54.7 Å². The van der Waals surface area contributed by atoms with E-state index < -0.39 is 0 Å². The standard InChI is InChI=1S/C20H21N3O4S/c1-26-17-4-2-3-15(13-17)18(24)22-20(28)21-16-7-5-14(6-8-16)19(25)23-9-11-27-12-10-23/h2-8,13H,9-12H2,1H3,(H2,21,22,24,28). The average molecular weight is 399 g/mol. The van der Waals surface area contributed by atoms with E-state index in [2.05, 4.69) is 10.6 Å². The monoisotopic (exact) mass is 399 g/mol. The zero-order chi connectivity index (χ0) is 19.9. The molecule has 0 atom stereocenters. The Labute approximate surface area is 168 Å². The summed E-state index contributed by atoms with van der Waals surface area (Å²) in [6.07, 6.45) is 0. The molecule has 0 aromatic heterocycles. The lowest BCUT2D eigenvalue weighted by Crippen LogP contribution is -2.40. The van der Waals surface area contributed by atoms with Crippen molar-refractivity contribution in [1.82, 2.24) is 10.2 Å². The van der Waals surface area contributed by atoms with Crippen LogP contribution in [0.5, 0.6) is 5.75 Å². The topological polar surface area (TPSA) is 79.9 Å². The third kappa shape index (κ3) is 5.05. The zero-order valence-electron chi connectivity index (χ0n) is 15.4. The summed E-state index contributed by atoms with van der Waals surface area (Å²) in [5, 5.41) is 5.73. The fourth-order valence-corrected chi connectivity index (χ4v) is 2.96. The van der Waals surface area contributed by atoms with E-state index in [0.29, 0.717) is 48.9 Å². The van der Waals surface area contributed by atoms with Crippen molar-refractivity contribution < 1.29 is 19.1 Å². The molecule has 2 N–H and O–H groups in total. The van der Waals surface area contributed by atoms with Crippen LogP contribution in [0.15, 0.2) is 48.5 Å². The Kier molecular flexibility index (Phi) is 6.57. The molecule has 2 aromatic carbocycles. The first-order valence-corrected chi connectivity index (χ1v) is 9.21. The van der Waals surface area contributed by atoms with Crippen LogP contribution < -0.4 is 15.4 Å². The Morgan fingerprint density at radius 2 is 1.79 bits per heavy atom. The molecular formula is C20H21N3O4S. The highest BCUT2D eigenvalue weighted by molar-refractivity contribution is 7.80. The predicted octanol–water partition coefficient (Wildman–Crippen LogP) is 2.29. The second-order valence-corrected chi connectivity index (χ2v) is 6.53. The molecule has 146 valence electrons. The summed E-state index contributed by atoms with van der Waals surface area (Å²) < 4.78 is 10.4. The molecule has 1 saturated heterocycles. The van der Waals surface area contributed by atoms with Gasteiger partial charge in [-0.3, -0.25) is 14.9 Å². The quantitative estimate of drug-likeness (QED) is 0.768. The minimum Gasteiger partial charge on any atom is -0.497 e. The maximum Gasteiger partial charge on any atom is 0.257 e. The summed E-state index contributed by atoms with van der Waals surface area (Å²) in [5.74, 6) is 0.228. The van der Waals surface area contributed by atoms with Gasteiger partial charge in [-0.15, -0.1) is 0 Å². The van der Waals surface area contributed by atoms with Gasteiger partial charge in [0, 0.05) is 29.9 Å². The van der Waals surface area contributed by atoms with Crippen LogP contribution in [0.1, 0.15) is 20.7 Å². The van der Waals surface area contributed by atoms with Crippen LogP contribution in [-0.2, 0) is 4.74 Å². The summed E-state index contributed by atoms with van der Waals surface area (Å²) >= 11 is 5.20. The fraction of sp³-hybridized carbons (Fsp3) is 0.250. The lowest BCUT2D eigenvalue weighted by atomic mass is 10.1. The van der Waals surface area contributed by atoms with Crippen LogP contribution in [-0.4, -0.2) is 55.2 Å². The van der Waals surface area contributed by atoms with E-state index in [1.807, 2.05) is 0 Å². The second kappa shape index (κ2) is 9.29. The molecule has 1 heterocycles. The average Bonchev–Trinajstić information content (AvgIpc) is 2.74. The van der Waals surface area contributed by atoms with Crippen LogP contribution in [0.2, 0.25) is 0 Å². The highest BCUT2D eigenvalue weighted by Crippen LogP contribution is 2.14. The number of carbonyl (C=O) groups is 2. The van der Waals surface area contributed by atoms with Crippen LogP contribution in [0.3, 0.4) is 0 Å². The highest BCUT2D eigenvalue weighted by Gasteiger charge is 2.18. The van der Waals surface area contributed by atoms with Gasteiger partial charge in [0.2, 0.25) is 0 Å². The smallest absolute Gasteiger partial charge is 0.257 e. The molecule has 0 unspecified atom stereocenters. The van der Waals surface area contributed by atoms with Gasteiger partial charge in [-0.2, -0.15) is 0 Å². The number of nitrogens with one attached hydrogen (secondary N) is 2. The van der Waals surface area contributed by atoms with Crippen molar-refractivity contribution in [1.29, 1.82) is 0 Å². The first kappa shape index (κ1) is 19.8. The molecule has 0 saturated carbocycles. The number of thiocarbonyl (C=S) groups is 1. The largest absolute Gasteiger partial charge is 0.497 e. The Morgan fingerprint density at radius 1 is 1.07 bits per heavy atom. The van der Waals surface area contributed by atoms with Gasteiger partial charge in [0.25, 0.3) is 11.8 Å². The number of rotatable bonds is 4. The molecule has 0 spiro atoms. The zero-order valence-corrected chi connectivity index (χ0v) is 16.3. The first-order valence-electron chi connectivity index (χ1n) is 8.80. The molecular weight excluding hydrogens is 378 g/mol. The Bertz CT molecular complexity index is 864. The van der Waals surface area contributed by atoms with Crippen LogP contribution in [0.25, 0.3) is 0 Å². The first-order chi connectivity index (χ1) is 13.6. The molecule has 1 fully saturated rings. The van der Waals surface area contributed by atoms with E-state index >= 15 is 0 Å². The molecule has 2 amide bonds. The number of morpholine rings is 1. The van der Waals surface area contributed by atoms with Crippen molar-refractivity contribution >= 4 is 34.8 Å². The number of hydrogen-bond donors (Lipinski definition) is 2. The Hall–Kier alpha value is -2.97. The second-order valence-electron chi connectivity index (χ2n) is 6.12. The van der Waals surface area contributed by atoms with Gasteiger partial charge in [0.1, 0.15) is 5.75 Å². The van der Waals surface area contributed by atoms with E-state index in [4.69, 9.17) is 21.7 Å². The fourth-order valence-electron chi connectivity index (χ4n) is 2.75. The number of amides is 2. The maximum absolute atomic E-state index is 12.4. The summed E-state index contributed by atoms with van der Waals surface area (Å²) in [4.78, 5) is 26.5. The van der Waals surface area contributed by atoms with Gasteiger partial charge in [-0.25, -0.2) is 0 Å². The molecule has 28 heavy (non-hydrogen) atoms. The van der Waals surface area contributed by atoms with E-state index in [9.17, 15) is 9.59 Å². The molecule has 0 bridgehead atoms. The van der Waals surface area contributed by atoms with Gasteiger partial charge < -0.3 is 19.7 Å². The number of benzene rings is 2. The molecule has 1 aliphatic rings. The predicted molar refractivity (Wildman–Crippen MR) is 110 cm³/mol. The minimum atomic E-state index is -0.337. The highest BCUT2D eigenvalue weighted by atomic mass is 32.1. The number of nitrogens with zero attached hydrogens (tertiary/aromatic N) is 1. The van der Waals surface area contributed by atoms with Crippen molar-refractivity contribution in [2.75, 3.05) is 38.7 Å². The third-order valence-electron chi connectivity index (χ3n) is 4.25. The molecule has 7 nitrogen and oxygen atoms in total. The molecule has 3 rings (SSSR count). The summed E-state index contributed by atoms with van der Waals surface area (Å²) in [5.41, 5.74) is 1.71. The number of ether oxygens (including phenoxy) is 2. The van der Waals surface area contributed by atoms with Crippen LogP contribution >= 0.6 is 12.2 Å². The summed E-state index contributed by atoms with van der Waals surface area (Å²) in [7, 11) is 1.54.